The highest BCUT2D eigenvalue weighted by Crippen LogP contribution is 2.08. The molecule has 11 nitrogen and oxygen atoms in total. The first-order valence-electron chi connectivity index (χ1n) is 9.42. The molecule has 168 valence electrons. The summed E-state index contributed by atoms with van der Waals surface area (Å²) in [6.45, 7) is 0.295. The summed E-state index contributed by atoms with van der Waals surface area (Å²) in [5, 5.41) is 11.6. The molecule has 1 rings (SSSR count). The van der Waals surface area contributed by atoms with Gasteiger partial charge < -0.3 is 26.6 Å². The van der Waals surface area contributed by atoms with Crippen LogP contribution in [0.1, 0.15) is 25.7 Å². The van der Waals surface area contributed by atoms with E-state index in [1.165, 1.54) is 24.3 Å². The fourth-order valence-electron chi connectivity index (χ4n) is 2.34. The quantitative estimate of drug-likeness (QED) is 0.135. The number of rotatable bonds is 15. The number of sulfonamides is 1. The van der Waals surface area contributed by atoms with Crippen LogP contribution in [-0.2, 0) is 24.3 Å². The molecule has 0 spiro atoms. The third-order valence-electron chi connectivity index (χ3n) is 3.88. The number of nitrogens with one attached hydrogen (secondary N) is 2. The maximum absolute atomic E-state index is 12.2. The molecule has 7 N–H and O–H groups in total. The Kier molecular flexibility index (Phi) is 11.4. The Morgan fingerprint density at radius 1 is 1.10 bits per heavy atom. The maximum atomic E-state index is 12.2. The highest BCUT2D eigenvalue weighted by Gasteiger charge is 2.25. The fraction of sp³-hybridized carbons (Fsp3) is 0.500. The monoisotopic (exact) mass is 443 g/mol. The first kappa shape index (κ1) is 25.3. The van der Waals surface area contributed by atoms with Crippen molar-refractivity contribution in [2.45, 2.75) is 36.6 Å². The summed E-state index contributed by atoms with van der Waals surface area (Å²) in [7, 11) is -4.03. The standard InChI is InChI=1S/C18H29N5O6S/c19-18(20)21-10-6-1-2-7-11-29-13-16(24)22-12-15(17(25)26)23-30(27,28)14-8-4-3-5-9-14/h3-5,8-9,15,23H,1-2,6-7,10-13H2,(H,22,24)(H,25,26)(H4,19,20,21)/t15-/m0/s1. The number of hydrogen-bond donors (Lipinski definition) is 5. The molecule has 0 saturated carbocycles. The zero-order chi connectivity index (χ0) is 22.4. The minimum atomic E-state index is -4.03. The number of aliphatic carboxylic acids is 1. The molecule has 1 aromatic rings. The van der Waals surface area contributed by atoms with Crippen molar-refractivity contribution < 1.29 is 27.9 Å². The Morgan fingerprint density at radius 2 is 1.77 bits per heavy atom. The van der Waals surface area contributed by atoms with Gasteiger partial charge in [0.25, 0.3) is 0 Å². The molecule has 1 aromatic carbocycles. The molecule has 1 atom stereocenters. The summed E-state index contributed by atoms with van der Waals surface area (Å²) < 4.78 is 31.8. The number of benzene rings is 1. The molecule has 0 saturated heterocycles. The molecule has 0 heterocycles. The molecule has 0 aliphatic carbocycles. The molecule has 0 bridgehead atoms. The molecular formula is C18H29N5O6S. The molecule has 0 aliphatic heterocycles. The topological polar surface area (TPSA) is 186 Å². The van der Waals surface area contributed by atoms with E-state index in [0.29, 0.717) is 13.2 Å². The van der Waals surface area contributed by atoms with Crippen LogP contribution in [0, 0.1) is 0 Å². The number of carbonyl (C=O) groups excluding carboxylic acids is 1. The van der Waals surface area contributed by atoms with Crippen molar-refractivity contribution in [1.29, 1.82) is 0 Å². The molecule has 1 amide bonds. The van der Waals surface area contributed by atoms with Gasteiger partial charge in [0, 0.05) is 19.7 Å². The second-order valence-corrected chi connectivity index (χ2v) is 8.12. The van der Waals surface area contributed by atoms with Crippen LogP contribution in [0.15, 0.2) is 40.2 Å². The van der Waals surface area contributed by atoms with Gasteiger partial charge in [-0.05, 0) is 25.0 Å². The molecule has 0 unspecified atom stereocenters. The summed E-state index contributed by atoms with van der Waals surface area (Å²) in [6.07, 6.45) is 3.43. The summed E-state index contributed by atoms with van der Waals surface area (Å²) in [6, 6.07) is 5.86. The van der Waals surface area contributed by atoms with Crippen molar-refractivity contribution >= 4 is 27.9 Å². The van der Waals surface area contributed by atoms with Crippen LogP contribution in [0.25, 0.3) is 0 Å². The number of hydrogen-bond acceptors (Lipinski definition) is 6. The van der Waals surface area contributed by atoms with Gasteiger partial charge in [-0.1, -0.05) is 31.0 Å². The zero-order valence-electron chi connectivity index (χ0n) is 16.6. The molecular weight excluding hydrogens is 414 g/mol. The van der Waals surface area contributed by atoms with E-state index in [-0.39, 0.29) is 17.5 Å². The minimum absolute atomic E-state index is 0.0655. The van der Waals surface area contributed by atoms with Gasteiger partial charge in [0.1, 0.15) is 12.6 Å². The zero-order valence-corrected chi connectivity index (χ0v) is 17.4. The number of ether oxygens (including phenoxy) is 1. The van der Waals surface area contributed by atoms with E-state index in [9.17, 15) is 23.1 Å². The van der Waals surface area contributed by atoms with Gasteiger partial charge in [-0.2, -0.15) is 4.72 Å². The van der Waals surface area contributed by atoms with Gasteiger partial charge in [-0.15, -0.1) is 0 Å². The minimum Gasteiger partial charge on any atom is -0.480 e. The van der Waals surface area contributed by atoms with E-state index >= 15 is 0 Å². The third kappa shape index (κ3) is 10.7. The smallest absolute Gasteiger partial charge is 0.323 e. The number of unbranched alkanes of at least 4 members (excludes halogenated alkanes) is 3. The van der Waals surface area contributed by atoms with Crippen LogP contribution in [0.5, 0.6) is 0 Å². The molecule has 30 heavy (non-hydrogen) atoms. The lowest BCUT2D eigenvalue weighted by atomic mass is 10.2. The van der Waals surface area contributed by atoms with Crippen molar-refractivity contribution in [2.24, 2.45) is 16.5 Å². The Bertz CT molecular complexity index is 797. The van der Waals surface area contributed by atoms with Crippen LogP contribution in [0.3, 0.4) is 0 Å². The Hall–Kier alpha value is -2.70. The van der Waals surface area contributed by atoms with Crippen molar-refractivity contribution in [1.82, 2.24) is 10.0 Å². The summed E-state index contributed by atoms with van der Waals surface area (Å²) in [4.78, 5) is 26.9. The number of guanidine groups is 1. The summed E-state index contributed by atoms with van der Waals surface area (Å²) >= 11 is 0. The normalized spacial score (nSPS) is 12.1. The lowest BCUT2D eigenvalue weighted by molar-refractivity contribution is -0.139. The van der Waals surface area contributed by atoms with Crippen LogP contribution < -0.4 is 21.5 Å². The lowest BCUT2D eigenvalue weighted by Crippen LogP contribution is -2.48. The van der Waals surface area contributed by atoms with E-state index in [4.69, 9.17) is 16.2 Å². The lowest BCUT2D eigenvalue weighted by Gasteiger charge is -2.15. The first-order valence-corrected chi connectivity index (χ1v) is 10.9. The fourth-order valence-corrected chi connectivity index (χ4v) is 3.55. The van der Waals surface area contributed by atoms with Crippen LogP contribution in [-0.4, -0.2) is 63.7 Å². The maximum Gasteiger partial charge on any atom is 0.323 e. The predicted octanol–water partition coefficient (Wildman–Crippen LogP) is -0.615. The molecule has 0 aromatic heterocycles. The van der Waals surface area contributed by atoms with Gasteiger partial charge in [-0.3, -0.25) is 14.6 Å². The van der Waals surface area contributed by atoms with Crippen molar-refractivity contribution in [3.8, 4) is 0 Å². The molecule has 0 radical (unpaired) electrons. The van der Waals surface area contributed by atoms with Gasteiger partial charge >= 0.3 is 5.97 Å². The third-order valence-corrected chi connectivity index (χ3v) is 5.36. The molecule has 0 aliphatic rings. The van der Waals surface area contributed by atoms with Crippen LogP contribution in [0.4, 0.5) is 0 Å². The van der Waals surface area contributed by atoms with E-state index < -0.39 is 34.5 Å². The molecule has 12 heteroatoms. The Balaban J connectivity index is 2.27. The Morgan fingerprint density at radius 3 is 2.40 bits per heavy atom. The average molecular weight is 444 g/mol. The van der Waals surface area contributed by atoms with Crippen LogP contribution in [0.2, 0.25) is 0 Å². The number of carbonyl (C=O) groups is 2. The van der Waals surface area contributed by atoms with Crippen LogP contribution >= 0.6 is 0 Å². The number of nitrogens with two attached hydrogens (primary N) is 2. The highest BCUT2D eigenvalue weighted by atomic mass is 32.2. The number of amides is 1. The van der Waals surface area contributed by atoms with Crippen molar-refractivity contribution in [2.75, 3.05) is 26.3 Å². The highest BCUT2D eigenvalue weighted by molar-refractivity contribution is 7.89. The van der Waals surface area contributed by atoms with E-state index in [1.807, 2.05) is 0 Å². The van der Waals surface area contributed by atoms with Crippen molar-refractivity contribution in [3.05, 3.63) is 30.3 Å². The number of nitrogens with zero attached hydrogens (tertiary/aromatic N) is 1. The summed E-state index contributed by atoms with van der Waals surface area (Å²) in [5.41, 5.74) is 10.4. The Labute approximate surface area is 175 Å². The van der Waals surface area contributed by atoms with E-state index in [0.717, 1.165) is 25.7 Å². The van der Waals surface area contributed by atoms with Crippen molar-refractivity contribution in [3.63, 3.8) is 0 Å². The first-order chi connectivity index (χ1) is 14.2. The predicted molar refractivity (Wildman–Crippen MR) is 111 cm³/mol. The second kappa shape index (κ2) is 13.5. The summed E-state index contributed by atoms with van der Waals surface area (Å²) in [5.74, 6) is -1.87. The number of carboxylic acids is 1. The largest absolute Gasteiger partial charge is 0.480 e. The second-order valence-electron chi connectivity index (χ2n) is 6.40. The van der Waals surface area contributed by atoms with E-state index in [2.05, 4.69) is 15.0 Å². The average Bonchev–Trinajstić information content (AvgIpc) is 2.70. The van der Waals surface area contributed by atoms with Gasteiger partial charge in [0.2, 0.25) is 15.9 Å². The van der Waals surface area contributed by atoms with Gasteiger partial charge in [-0.25, -0.2) is 8.42 Å². The number of carboxylic acid groups (broad SMARTS) is 1. The molecule has 0 fully saturated rings. The van der Waals surface area contributed by atoms with E-state index in [1.54, 1.807) is 6.07 Å². The van der Waals surface area contributed by atoms with Gasteiger partial charge in [0.15, 0.2) is 5.96 Å². The SMILES string of the molecule is NC(N)=NCCCCCCOCC(=O)NC[C@H](NS(=O)(=O)c1ccccc1)C(=O)O. The number of aliphatic imine (C=N–C) groups is 1. The van der Waals surface area contributed by atoms with Gasteiger partial charge in [0.05, 0.1) is 4.90 Å².